The van der Waals surface area contributed by atoms with Gasteiger partial charge in [0.2, 0.25) is 0 Å². The van der Waals surface area contributed by atoms with Crippen LogP contribution in [0.25, 0.3) is 10.9 Å². The Hall–Kier alpha value is -1.69. The van der Waals surface area contributed by atoms with Crippen LogP contribution in [0.2, 0.25) is 5.15 Å². The largest absolute Gasteiger partial charge is 0.493 e. The van der Waals surface area contributed by atoms with Crippen LogP contribution in [0.4, 0.5) is 8.78 Å². The van der Waals surface area contributed by atoms with E-state index in [1.165, 1.54) is 19.2 Å². The lowest BCUT2D eigenvalue weighted by Crippen LogP contribution is -2.04. The molecule has 18 heavy (non-hydrogen) atoms. The number of benzene rings is 1. The maximum atomic E-state index is 12.3. The number of halogens is 3. The van der Waals surface area contributed by atoms with Gasteiger partial charge in [-0.25, -0.2) is 9.97 Å². The summed E-state index contributed by atoms with van der Waals surface area (Å²) in [6.45, 7) is -1.28. The minimum atomic E-state index is -2.94. The number of fused-ring (bicyclic) bond motifs is 1. The van der Waals surface area contributed by atoms with Crippen LogP contribution in [0.5, 0.6) is 11.5 Å². The quantitative estimate of drug-likeness (QED) is 0.806. The first-order chi connectivity index (χ1) is 8.51. The van der Waals surface area contributed by atoms with E-state index in [-0.39, 0.29) is 16.7 Å². The van der Waals surface area contributed by atoms with Gasteiger partial charge in [0.1, 0.15) is 11.0 Å². The molecule has 0 atom stereocenters. The molecule has 0 aliphatic rings. The Morgan fingerprint density at radius 2 is 1.94 bits per heavy atom. The number of aromatic nitrogens is 2. The van der Waals surface area contributed by atoms with Gasteiger partial charge in [-0.15, -0.1) is 0 Å². The first-order valence-electron chi connectivity index (χ1n) is 4.98. The van der Waals surface area contributed by atoms with Crippen LogP contribution < -0.4 is 9.47 Å². The van der Waals surface area contributed by atoms with Gasteiger partial charge in [-0.1, -0.05) is 11.6 Å². The van der Waals surface area contributed by atoms with Crippen LogP contribution in [-0.2, 0) is 0 Å². The number of aryl methyl sites for hydroxylation is 1. The van der Waals surface area contributed by atoms with Crippen LogP contribution in [0, 0.1) is 6.92 Å². The molecule has 0 unspecified atom stereocenters. The van der Waals surface area contributed by atoms with Gasteiger partial charge in [-0.05, 0) is 13.0 Å². The summed E-state index contributed by atoms with van der Waals surface area (Å²) in [5.74, 6) is 0.506. The Bertz CT molecular complexity index is 593. The first-order valence-corrected chi connectivity index (χ1v) is 5.35. The normalized spacial score (nSPS) is 11.0. The van der Waals surface area contributed by atoms with E-state index >= 15 is 0 Å². The molecule has 0 aliphatic carbocycles. The average Bonchev–Trinajstić information content (AvgIpc) is 2.27. The van der Waals surface area contributed by atoms with Gasteiger partial charge in [0, 0.05) is 11.5 Å². The molecule has 0 radical (unpaired) electrons. The number of hydrogen-bond acceptors (Lipinski definition) is 4. The summed E-state index contributed by atoms with van der Waals surface area (Å²) in [6.07, 6.45) is 0. The number of ether oxygens (including phenoxy) is 2. The van der Waals surface area contributed by atoms with E-state index in [2.05, 4.69) is 14.7 Å². The highest BCUT2D eigenvalue weighted by Gasteiger charge is 2.14. The van der Waals surface area contributed by atoms with Crippen molar-refractivity contribution in [3.63, 3.8) is 0 Å². The molecule has 1 heterocycles. The summed E-state index contributed by atoms with van der Waals surface area (Å²) in [4.78, 5) is 8.08. The van der Waals surface area contributed by atoms with Crippen molar-refractivity contribution < 1.29 is 18.3 Å². The number of nitrogens with zero attached hydrogens (tertiary/aromatic N) is 2. The van der Waals surface area contributed by atoms with Gasteiger partial charge < -0.3 is 9.47 Å². The van der Waals surface area contributed by atoms with E-state index in [0.29, 0.717) is 16.7 Å². The second-order valence-corrected chi connectivity index (χ2v) is 3.82. The van der Waals surface area contributed by atoms with Crippen LogP contribution in [0.15, 0.2) is 12.1 Å². The molecule has 1 aromatic heterocycles. The Balaban J connectivity index is 2.65. The third-order valence-corrected chi connectivity index (χ3v) is 2.55. The van der Waals surface area contributed by atoms with Crippen molar-refractivity contribution >= 4 is 22.5 Å². The summed E-state index contributed by atoms with van der Waals surface area (Å²) in [5, 5.41) is 0.750. The maximum absolute atomic E-state index is 12.3. The second kappa shape index (κ2) is 4.89. The zero-order valence-corrected chi connectivity index (χ0v) is 10.3. The molecule has 4 nitrogen and oxygen atoms in total. The summed E-state index contributed by atoms with van der Waals surface area (Å²) in [6, 6.07) is 2.82. The molecule has 2 aromatic rings. The number of alkyl halides is 2. The molecular weight excluding hydrogens is 266 g/mol. The second-order valence-electron chi connectivity index (χ2n) is 3.46. The van der Waals surface area contributed by atoms with E-state index in [0.717, 1.165) is 0 Å². The van der Waals surface area contributed by atoms with E-state index < -0.39 is 6.61 Å². The molecule has 0 bridgehead atoms. The van der Waals surface area contributed by atoms with Crippen LogP contribution in [-0.4, -0.2) is 23.7 Å². The van der Waals surface area contributed by atoms with Crippen molar-refractivity contribution in [2.45, 2.75) is 13.5 Å². The molecule has 0 saturated heterocycles. The van der Waals surface area contributed by atoms with Crippen molar-refractivity contribution in [2.24, 2.45) is 0 Å². The van der Waals surface area contributed by atoms with Crippen molar-refractivity contribution in [2.75, 3.05) is 7.11 Å². The average molecular weight is 275 g/mol. The van der Waals surface area contributed by atoms with Crippen molar-refractivity contribution in [3.8, 4) is 11.5 Å². The lowest BCUT2D eigenvalue weighted by Gasteiger charge is -2.11. The van der Waals surface area contributed by atoms with Gasteiger partial charge in [-0.2, -0.15) is 8.78 Å². The fourth-order valence-corrected chi connectivity index (χ4v) is 1.83. The SMILES string of the molecule is COc1cc2c(Cl)nc(C)nc2cc1OC(F)F. The molecule has 0 spiro atoms. The number of rotatable bonds is 3. The topological polar surface area (TPSA) is 44.2 Å². The molecule has 0 saturated carbocycles. The molecule has 1 aromatic carbocycles. The zero-order chi connectivity index (χ0) is 13.3. The lowest BCUT2D eigenvalue weighted by atomic mass is 10.2. The molecule has 96 valence electrons. The highest BCUT2D eigenvalue weighted by Crippen LogP contribution is 2.34. The third kappa shape index (κ3) is 2.43. The molecule has 7 heteroatoms. The van der Waals surface area contributed by atoms with Crippen LogP contribution in [0.3, 0.4) is 0 Å². The number of methoxy groups -OCH3 is 1. The predicted molar refractivity (Wildman–Crippen MR) is 62.5 cm³/mol. The molecule has 0 amide bonds. The van der Waals surface area contributed by atoms with Crippen molar-refractivity contribution in [1.82, 2.24) is 9.97 Å². The fourth-order valence-electron chi connectivity index (χ4n) is 1.56. The molecule has 0 N–H and O–H groups in total. The van der Waals surface area contributed by atoms with Gasteiger partial charge in [-0.3, -0.25) is 0 Å². The minimum Gasteiger partial charge on any atom is -0.493 e. The zero-order valence-electron chi connectivity index (χ0n) is 9.58. The van der Waals surface area contributed by atoms with E-state index in [4.69, 9.17) is 16.3 Å². The third-order valence-electron chi connectivity index (χ3n) is 2.26. The smallest absolute Gasteiger partial charge is 0.387 e. The van der Waals surface area contributed by atoms with Gasteiger partial charge in [0.25, 0.3) is 0 Å². The highest BCUT2D eigenvalue weighted by molar-refractivity contribution is 6.34. The Morgan fingerprint density at radius 3 is 2.56 bits per heavy atom. The van der Waals surface area contributed by atoms with E-state index in [1.807, 2.05) is 0 Å². The summed E-state index contributed by atoms with van der Waals surface area (Å²) >= 11 is 5.95. The Morgan fingerprint density at radius 1 is 1.22 bits per heavy atom. The first kappa shape index (κ1) is 12.8. The highest BCUT2D eigenvalue weighted by atomic mass is 35.5. The summed E-state index contributed by atoms with van der Waals surface area (Å²) in [7, 11) is 1.35. The minimum absolute atomic E-state index is 0.0887. The van der Waals surface area contributed by atoms with Crippen molar-refractivity contribution in [3.05, 3.63) is 23.1 Å². The Kier molecular flexibility index (Phi) is 3.47. The van der Waals surface area contributed by atoms with Crippen LogP contribution in [0.1, 0.15) is 5.82 Å². The van der Waals surface area contributed by atoms with Crippen molar-refractivity contribution in [1.29, 1.82) is 0 Å². The molecular formula is C11H9ClF2N2O2. The van der Waals surface area contributed by atoms with Gasteiger partial charge in [0.05, 0.1) is 12.6 Å². The van der Waals surface area contributed by atoms with Gasteiger partial charge >= 0.3 is 6.61 Å². The predicted octanol–water partition coefficient (Wildman–Crippen LogP) is 3.20. The molecule has 0 fully saturated rings. The fraction of sp³-hybridized carbons (Fsp3) is 0.273. The van der Waals surface area contributed by atoms with E-state index in [1.54, 1.807) is 6.92 Å². The standard InChI is InChI=1S/C11H9ClF2N2O2/c1-5-15-7-4-9(18-11(13)14)8(17-2)3-6(7)10(12)16-5/h3-4,11H,1-2H3. The molecule has 2 rings (SSSR count). The Labute approximate surface area is 107 Å². The lowest BCUT2D eigenvalue weighted by molar-refractivity contribution is -0.0511. The van der Waals surface area contributed by atoms with Gasteiger partial charge in [0.15, 0.2) is 11.5 Å². The monoisotopic (exact) mass is 274 g/mol. The van der Waals surface area contributed by atoms with Crippen LogP contribution >= 0.6 is 11.6 Å². The van der Waals surface area contributed by atoms with E-state index in [9.17, 15) is 8.78 Å². The summed E-state index contributed by atoms with van der Waals surface area (Å²) in [5.41, 5.74) is 0.420. The maximum Gasteiger partial charge on any atom is 0.387 e. The summed E-state index contributed by atoms with van der Waals surface area (Å²) < 4.78 is 33.8. The molecule has 0 aliphatic heterocycles. The number of hydrogen-bond donors (Lipinski definition) is 0.